The van der Waals surface area contributed by atoms with Crippen LogP contribution in [0.2, 0.25) is 0 Å². The molecule has 1 saturated heterocycles. The highest BCUT2D eigenvalue weighted by atomic mass is 32.2. The number of carboxylic acids is 1. The molecule has 0 spiro atoms. The molecule has 3 heterocycles. The van der Waals surface area contributed by atoms with Crippen LogP contribution in [0.5, 0.6) is 5.75 Å². The second-order valence-electron chi connectivity index (χ2n) is 11.5. The molecular weight excluding hydrogens is 504 g/mol. The van der Waals surface area contributed by atoms with Crippen LogP contribution >= 0.6 is 0 Å². The summed E-state index contributed by atoms with van der Waals surface area (Å²) in [6, 6.07) is 11.3. The van der Waals surface area contributed by atoms with Crippen LogP contribution < -0.4 is 4.74 Å². The fourth-order valence-electron chi connectivity index (χ4n) is 7.30. The first-order valence-corrected chi connectivity index (χ1v) is 14.9. The number of fused-ring (bicyclic) bond motifs is 7. The van der Waals surface area contributed by atoms with Crippen molar-refractivity contribution >= 4 is 26.9 Å². The van der Waals surface area contributed by atoms with Gasteiger partial charge >= 0.3 is 5.97 Å². The number of carbonyl (C=O) groups is 1. The Morgan fingerprint density at radius 2 is 1.84 bits per heavy atom. The SMILES string of the molecule is COc1ccc2c(c1)C1CC1(S(=O)(=O)N1CC(O)C1)Cn1c-2c(C2CCCCC2)c2ccc(C(=O)O)cc21. The third-order valence-electron chi connectivity index (χ3n) is 9.39. The molecule has 7 rings (SSSR count). The minimum atomic E-state index is -3.73. The molecule has 8 nitrogen and oxygen atoms in total. The number of aromatic nitrogens is 1. The molecule has 2 saturated carbocycles. The monoisotopic (exact) mass is 536 g/mol. The molecule has 0 bridgehead atoms. The van der Waals surface area contributed by atoms with E-state index in [0.29, 0.717) is 18.1 Å². The van der Waals surface area contributed by atoms with Gasteiger partial charge in [-0.25, -0.2) is 13.2 Å². The number of aliphatic hydroxyl groups is 1. The molecule has 2 aliphatic heterocycles. The summed E-state index contributed by atoms with van der Waals surface area (Å²) in [4.78, 5) is 12.0. The molecule has 2 aromatic carbocycles. The molecular formula is C29H32N2O6S. The zero-order chi connectivity index (χ0) is 26.4. The number of nitrogens with zero attached hydrogens (tertiary/aromatic N) is 2. The average molecular weight is 537 g/mol. The molecule has 0 radical (unpaired) electrons. The topological polar surface area (TPSA) is 109 Å². The summed E-state index contributed by atoms with van der Waals surface area (Å²) >= 11 is 0. The van der Waals surface area contributed by atoms with Crippen LogP contribution in [0.3, 0.4) is 0 Å². The summed E-state index contributed by atoms with van der Waals surface area (Å²) in [5.74, 6) is -0.173. The molecule has 200 valence electrons. The number of benzene rings is 2. The maximum absolute atomic E-state index is 14.1. The average Bonchev–Trinajstić information content (AvgIpc) is 3.58. The molecule has 1 aromatic heterocycles. The molecule has 38 heavy (non-hydrogen) atoms. The van der Waals surface area contributed by atoms with Crippen molar-refractivity contribution in [3.63, 3.8) is 0 Å². The third-order valence-corrected chi connectivity index (χ3v) is 12.0. The Morgan fingerprint density at radius 3 is 2.53 bits per heavy atom. The van der Waals surface area contributed by atoms with Crippen LogP contribution in [-0.2, 0) is 16.6 Å². The molecule has 2 unspecified atom stereocenters. The van der Waals surface area contributed by atoms with Gasteiger partial charge in [0.25, 0.3) is 0 Å². The van der Waals surface area contributed by atoms with Gasteiger partial charge in [-0.15, -0.1) is 0 Å². The Hall–Kier alpha value is -2.88. The van der Waals surface area contributed by atoms with E-state index < -0.39 is 26.8 Å². The first-order chi connectivity index (χ1) is 18.2. The van der Waals surface area contributed by atoms with Gasteiger partial charge in [0, 0.05) is 42.0 Å². The lowest BCUT2D eigenvalue weighted by atomic mass is 9.81. The largest absolute Gasteiger partial charge is 0.497 e. The number of carboxylic acid groups (broad SMARTS) is 1. The van der Waals surface area contributed by atoms with Crippen LogP contribution in [0, 0.1) is 0 Å². The molecule has 3 fully saturated rings. The number of ether oxygens (including phenoxy) is 1. The van der Waals surface area contributed by atoms with E-state index >= 15 is 0 Å². The van der Waals surface area contributed by atoms with Crippen molar-refractivity contribution in [2.75, 3.05) is 20.2 Å². The van der Waals surface area contributed by atoms with Gasteiger partial charge in [0.1, 0.15) is 10.5 Å². The zero-order valence-corrected chi connectivity index (χ0v) is 22.2. The Bertz CT molecular complexity index is 1580. The Morgan fingerprint density at radius 1 is 1.08 bits per heavy atom. The van der Waals surface area contributed by atoms with E-state index in [9.17, 15) is 23.4 Å². The zero-order valence-electron chi connectivity index (χ0n) is 21.4. The fourth-order valence-corrected chi connectivity index (χ4v) is 9.71. The highest BCUT2D eigenvalue weighted by Crippen LogP contribution is 2.64. The lowest BCUT2D eigenvalue weighted by Gasteiger charge is -2.38. The number of methoxy groups -OCH3 is 1. The molecule has 2 atom stereocenters. The van der Waals surface area contributed by atoms with Crippen molar-refractivity contribution < 1.29 is 28.2 Å². The van der Waals surface area contributed by atoms with Gasteiger partial charge in [0.05, 0.1) is 24.5 Å². The molecule has 0 amide bonds. The maximum atomic E-state index is 14.1. The molecule has 2 N–H and O–H groups in total. The summed E-state index contributed by atoms with van der Waals surface area (Å²) in [5.41, 5.74) is 5.22. The van der Waals surface area contributed by atoms with E-state index in [1.54, 1.807) is 19.2 Å². The van der Waals surface area contributed by atoms with Gasteiger partial charge in [-0.1, -0.05) is 25.3 Å². The highest BCUT2D eigenvalue weighted by Gasteiger charge is 2.68. The summed E-state index contributed by atoms with van der Waals surface area (Å²) < 4.78 is 36.2. The molecule has 2 aliphatic carbocycles. The number of hydrogen-bond acceptors (Lipinski definition) is 5. The molecule has 4 aliphatic rings. The van der Waals surface area contributed by atoms with E-state index in [2.05, 4.69) is 10.6 Å². The van der Waals surface area contributed by atoms with Gasteiger partial charge in [-0.2, -0.15) is 4.31 Å². The Balaban J connectivity index is 1.52. The summed E-state index contributed by atoms with van der Waals surface area (Å²) in [5, 5.41) is 20.7. The summed E-state index contributed by atoms with van der Waals surface area (Å²) in [6.07, 6.45) is 5.50. The van der Waals surface area contributed by atoms with Crippen molar-refractivity contribution in [1.82, 2.24) is 8.87 Å². The number of aliphatic hydroxyl groups excluding tert-OH is 1. The Kier molecular flexibility index (Phi) is 5.29. The number of aromatic carboxylic acids is 1. The van der Waals surface area contributed by atoms with Gasteiger partial charge < -0.3 is 19.5 Å². The predicted octanol–water partition coefficient (Wildman–Crippen LogP) is 4.31. The van der Waals surface area contributed by atoms with Crippen LogP contribution in [-0.4, -0.2) is 64.5 Å². The van der Waals surface area contributed by atoms with Gasteiger partial charge in [0.2, 0.25) is 10.0 Å². The van der Waals surface area contributed by atoms with Crippen molar-refractivity contribution in [3.05, 3.63) is 53.1 Å². The van der Waals surface area contributed by atoms with Gasteiger partial charge in [0.15, 0.2) is 0 Å². The minimum absolute atomic E-state index is 0.123. The fraction of sp³-hybridized carbons (Fsp3) is 0.483. The van der Waals surface area contributed by atoms with E-state index in [1.165, 1.54) is 16.3 Å². The number of rotatable bonds is 5. The first-order valence-electron chi connectivity index (χ1n) is 13.5. The van der Waals surface area contributed by atoms with Crippen LogP contribution in [0.15, 0.2) is 36.4 Å². The molecule has 9 heteroatoms. The van der Waals surface area contributed by atoms with Crippen molar-refractivity contribution in [3.8, 4) is 17.0 Å². The van der Waals surface area contributed by atoms with Crippen LogP contribution in [0.25, 0.3) is 22.2 Å². The molecule has 3 aromatic rings. The smallest absolute Gasteiger partial charge is 0.335 e. The maximum Gasteiger partial charge on any atom is 0.335 e. The van der Waals surface area contributed by atoms with E-state index in [-0.39, 0.29) is 31.1 Å². The number of hydrogen-bond donors (Lipinski definition) is 2. The minimum Gasteiger partial charge on any atom is -0.497 e. The normalized spacial score (nSPS) is 25.7. The third kappa shape index (κ3) is 3.28. The lowest BCUT2D eigenvalue weighted by molar-refractivity contribution is 0.0537. The van der Waals surface area contributed by atoms with Crippen molar-refractivity contribution in [1.29, 1.82) is 0 Å². The predicted molar refractivity (Wildman–Crippen MR) is 143 cm³/mol. The van der Waals surface area contributed by atoms with Crippen molar-refractivity contribution in [2.24, 2.45) is 0 Å². The summed E-state index contributed by atoms with van der Waals surface area (Å²) in [7, 11) is -2.11. The highest BCUT2D eigenvalue weighted by molar-refractivity contribution is 7.91. The van der Waals surface area contributed by atoms with E-state index in [4.69, 9.17) is 4.74 Å². The number of β-amino-alcohol motifs (C(OH)–C–C–N with tert-alkyl or cyclic N) is 1. The lowest BCUT2D eigenvalue weighted by Crippen LogP contribution is -2.57. The number of sulfonamides is 1. The second kappa shape index (κ2) is 8.31. The van der Waals surface area contributed by atoms with Crippen LogP contribution in [0.1, 0.15) is 71.8 Å². The van der Waals surface area contributed by atoms with Gasteiger partial charge in [-0.3, -0.25) is 0 Å². The van der Waals surface area contributed by atoms with E-state index in [0.717, 1.165) is 53.4 Å². The van der Waals surface area contributed by atoms with E-state index in [1.807, 2.05) is 18.2 Å². The van der Waals surface area contributed by atoms with Crippen LogP contribution in [0.4, 0.5) is 0 Å². The second-order valence-corrected chi connectivity index (χ2v) is 13.8. The quantitative estimate of drug-likeness (QED) is 0.503. The van der Waals surface area contributed by atoms with Crippen molar-refractivity contribution in [2.45, 2.75) is 67.8 Å². The van der Waals surface area contributed by atoms with Gasteiger partial charge in [-0.05, 0) is 66.6 Å². The summed E-state index contributed by atoms with van der Waals surface area (Å²) in [6.45, 7) is 0.500. The first kappa shape index (κ1) is 24.2. The standard InChI is InChI=1S/C29H32N2O6S/c1-37-20-8-10-21-23(12-20)24-13-29(24,38(35,36)30-14-19(32)15-30)16-31-25-11-18(28(33)34)7-9-22(25)26(27(21)31)17-5-3-2-4-6-17/h7-12,17,19,24,32H,2-6,13-16H2,1H3,(H,33,34). The Labute approximate surface area is 221 Å².